The number of aliphatic carboxylic acids is 1. The molecule has 19 heavy (non-hydrogen) atoms. The molecule has 0 saturated heterocycles. The largest absolute Gasteiger partial charge is 0.481 e. The number of rotatable bonds is 6. The van der Waals surface area contributed by atoms with Crippen LogP contribution in [0.4, 0.5) is 5.69 Å². The highest BCUT2D eigenvalue weighted by Gasteiger charge is 2.21. The fourth-order valence-corrected chi connectivity index (χ4v) is 1.98. The van der Waals surface area contributed by atoms with Gasteiger partial charge in [-0.3, -0.25) is 9.59 Å². The smallest absolute Gasteiger partial charge is 0.304 e. The molecule has 0 saturated carbocycles. The lowest BCUT2D eigenvalue weighted by molar-refractivity contribution is -0.140. The predicted molar refractivity (Wildman–Crippen MR) is 75.3 cm³/mol. The van der Waals surface area contributed by atoms with E-state index in [4.69, 9.17) is 5.11 Å². The second kappa shape index (κ2) is 6.92. The molecule has 0 heterocycles. The molecule has 4 heteroatoms. The van der Waals surface area contributed by atoms with Crippen LogP contribution in [0.1, 0.15) is 32.3 Å². The van der Waals surface area contributed by atoms with Crippen LogP contribution in [0.3, 0.4) is 0 Å². The zero-order valence-electron chi connectivity index (χ0n) is 11.7. The fraction of sp³-hybridized carbons (Fsp3) is 0.467. The summed E-state index contributed by atoms with van der Waals surface area (Å²) in [5.41, 5.74) is 2.03. The molecule has 0 fully saturated rings. The summed E-state index contributed by atoms with van der Waals surface area (Å²) in [7, 11) is 1.68. The van der Waals surface area contributed by atoms with Crippen LogP contribution in [0.5, 0.6) is 0 Å². The number of carbonyl (C=O) groups is 2. The maximum absolute atomic E-state index is 12.1. The van der Waals surface area contributed by atoms with Gasteiger partial charge < -0.3 is 10.0 Å². The van der Waals surface area contributed by atoms with E-state index in [9.17, 15) is 9.59 Å². The molecule has 1 rings (SSSR count). The number of nitrogens with zero attached hydrogens (tertiary/aromatic N) is 1. The minimum Gasteiger partial charge on any atom is -0.481 e. The molecule has 104 valence electrons. The first-order chi connectivity index (χ1) is 8.95. The normalized spacial score (nSPS) is 11.9. The summed E-state index contributed by atoms with van der Waals surface area (Å²) >= 11 is 0. The van der Waals surface area contributed by atoms with Gasteiger partial charge >= 0.3 is 5.97 Å². The highest BCUT2D eigenvalue weighted by atomic mass is 16.4. The van der Waals surface area contributed by atoms with E-state index >= 15 is 0 Å². The van der Waals surface area contributed by atoms with Crippen molar-refractivity contribution in [1.82, 2.24) is 0 Å². The number of amides is 1. The molecule has 0 spiro atoms. The molecular weight excluding hydrogens is 242 g/mol. The van der Waals surface area contributed by atoms with E-state index in [1.165, 1.54) is 10.5 Å². The Morgan fingerprint density at radius 2 is 1.84 bits per heavy atom. The van der Waals surface area contributed by atoms with E-state index in [1.54, 1.807) is 14.0 Å². The van der Waals surface area contributed by atoms with Crippen LogP contribution < -0.4 is 4.90 Å². The Balaban J connectivity index is 2.73. The summed E-state index contributed by atoms with van der Waals surface area (Å²) in [6.07, 6.45) is 1.97. The molecular formula is C15H21NO3. The van der Waals surface area contributed by atoms with Gasteiger partial charge in [-0.1, -0.05) is 32.4 Å². The van der Waals surface area contributed by atoms with Crippen LogP contribution in [-0.4, -0.2) is 24.0 Å². The van der Waals surface area contributed by atoms with Gasteiger partial charge in [0.15, 0.2) is 0 Å². The third-order valence-electron chi connectivity index (χ3n) is 3.10. The first-order valence-corrected chi connectivity index (χ1v) is 6.54. The maximum atomic E-state index is 12.1. The Labute approximate surface area is 114 Å². The molecule has 0 aliphatic carbocycles. The van der Waals surface area contributed by atoms with Crippen LogP contribution in [0.15, 0.2) is 24.3 Å². The van der Waals surface area contributed by atoms with Crippen molar-refractivity contribution >= 4 is 17.6 Å². The highest BCUT2D eigenvalue weighted by Crippen LogP contribution is 2.18. The third-order valence-corrected chi connectivity index (χ3v) is 3.10. The number of carbonyl (C=O) groups excluding carboxylic acids is 1. The number of hydrogen-bond acceptors (Lipinski definition) is 2. The molecule has 1 aromatic rings. The minimum absolute atomic E-state index is 0.142. The van der Waals surface area contributed by atoms with Crippen molar-refractivity contribution in [3.63, 3.8) is 0 Å². The molecule has 1 amide bonds. The van der Waals surface area contributed by atoms with Crippen molar-refractivity contribution in [3.8, 4) is 0 Å². The molecule has 0 aliphatic rings. The Morgan fingerprint density at radius 3 is 2.32 bits per heavy atom. The van der Waals surface area contributed by atoms with Gasteiger partial charge in [-0.2, -0.15) is 0 Å². The van der Waals surface area contributed by atoms with Gasteiger partial charge in [0.1, 0.15) is 0 Å². The third kappa shape index (κ3) is 4.39. The van der Waals surface area contributed by atoms with Crippen molar-refractivity contribution in [1.29, 1.82) is 0 Å². The molecule has 1 aromatic carbocycles. The van der Waals surface area contributed by atoms with Crippen LogP contribution in [0.25, 0.3) is 0 Å². The van der Waals surface area contributed by atoms with E-state index in [1.807, 2.05) is 24.3 Å². The minimum atomic E-state index is -0.951. The van der Waals surface area contributed by atoms with Gasteiger partial charge in [0.2, 0.25) is 5.91 Å². The van der Waals surface area contributed by atoms with Gasteiger partial charge in [-0.15, -0.1) is 0 Å². The zero-order chi connectivity index (χ0) is 14.4. The lowest BCUT2D eigenvalue weighted by atomic mass is 10.1. The standard InChI is InChI=1S/C15H21NO3/c1-4-5-12-6-8-13(9-7-12)16(3)15(19)11(2)10-14(17)18/h6-9,11H,4-5,10H2,1-3H3,(H,17,18). The lowest BCUT2D eigenvalue weighted by Gasteiger charge is -2.21. The summed E-state index contributed by atoms with van der Waals surface area (Å²) in [5, 5.41) is 8.71. The summed E-state index contributed by atoms with van der Waals surface area (Å²) in [6.45, 7) is 3.76. The van der Waals surface area contributed by atoms with Crippen LogP contribution in [0, 0.1) is 5.92 Å². The first kappa shape index (κ1) is 15.2. The second-order valence-corrected chi connectivity index (χ2v) is 4.81. The van der Waals surface area contributed by atoms with Gasteiger partial charge in [0.05, 0.1) is 6.42 Å². The molecule has 1 unspecified atom stereocenters. The average molecular weight is 263 g/mol. The SMILES string of the molecule is CCCc1ccc(N(C)C(=O)C(C)CC(=O)O)cc1. The Hall–Kier alpha value is -1.84. The Kier molecular flexibility index (Phi) is 5.55. The number of carboxylic acids is 1. The summed E-state index contributed by atoms with van der Waals surface area (Å²) in [6, 6.07) is 7.81. The maximum Gasteiger partial charge on any atom is 0.304 e. The van der Waals surface area contributed by atoms with Gasteiger partial charge in [-0.25, -0.2) is 0 Å². The molecule has 0 aromatic heterocycles. The van der Waals surface area contributed by atoms with Crippen molar-refractivity contribution in [2.75, 3.05) is 11.9 Å². The molecule has 0 aliphatic heterocycles. The monoisotopic (exact) mass is 263 g/mol. The van der Waals surface area contributed by atoms with E-state index in [2.05, 4.69) is 6.92 Å². The molecule has 0 bridgehead atoms. The quantitative estimate of drug-likeness (QED) is 0.858. The fourth-order valence-electron chi connectivity index (χ4n) is 1.98. The van der Waals surface area contributed by atoms with E-state index < -0.39 is 11.9 Å². The Bertz CT molecular complexity index is 439. The van der Waals surface area contributed by atoms with E-state index in [0.717, 1.165) is 18.5 Å². The van der Waals surface area contributed by atoms with Crippen LogP contribution in [0.2, 0.25) is 0 Å². The summed E-state index contributed by atoms with van der Waals surface area (Å²) in [4.78, 5) is 24.2. The number of benzene rings is 1. The molecule has 4 nitrogen and oxygen atoms in total. The summed E-state index contributed by atoms with van der Waals surface area (Å²) in [5.74, 6) is -1.64. The highest BCUT2D eigenvalue weighted by molar-refractivity contribution is 5.95. The predicted octanol–water partition coefficient (Wildman–Crippen LogP) is 2.71. The second-order valence-electron chi connectivity index (χ2n) is 4.81. The van der Waals surface area contributed by atoms with Crippen molar-refractivity contribution in [3.05, 3.63) is 29.8 Å². The first-order valence-electron chi connectivity index (χ1n) is 6.54. The van der Waals surface area contributed by atoms with Crippen LogP contribution >= 0.6 is 0 Å². The van der Waals surface area contributed by atoms with E-state index in [0.29, 0.717) is 0 Å². The lowest BCUT2D eigenvalue weighted by Crippen LogP contribution is -2.32. The topological polar surface area (TPSA) is 57.6 Å². The molecule has 1 N–H and O–H groups in total. The van der Waals surface area contributed by atoms with E-state index in [-0.39, 0.29) is 12.3 Å². The van der Waals surface area contributed by atoms with Crippen LogP contribution in [-0.2, 0) is 16.0 Å². The average Bonchev–Trinajstić information content (AvgIpc) is 2.37. The van der Waals surface area contributed by atoms with Crippen molar-refractivity contribution in [2.45, 2.75) is 33.1 Å². The van der Waals surface area contributed by atoms with Gasteiger partial charge in [0.25, 0.3) is 0 Å². The number of anilines is 1. The number of carboxylic acid groups (broad SMARTS) is 1. The van der Waals surface area contributed by atoms with Crippen molar-refractivity contribution < 1.29 is 14.7 Å². The Morgan fingerprint density at radius 1 is 1.26 bits per heavy atom. The molecule has 1 atom stereocenters. The number of hydrogen-bond donors (Lipinski definition) is 1. The zero-order valence-corrected chi connectivity index (χ0v) is 11.7. The molecule has 0 radical (unpaired) electrons. The number of aryl methyl sites for hydroxylation is 1. The summed E-state index contributed by atoms with van der Waals surface area (Å²) < 4.78 is 0. The van der Waals surface area contributed by atoms with Gasteiger partial charge in [-0.05, 0) is 24.1 Å². The van der Waals surface area contributed by atoms with Gasteiger partial charge in [0, 0.05) is 18.7 Å². The van der Waals surface area contributed by atoms with Crippen molar-refractivity contribution in [2.24, 2.45) is 5.92 Å².